The van der Waals surface area contributed by atoms with Gasteiger partial charge in [-0.3, -0.25) is 0 Å². The minimum Gasteiger partial charge on any atom is -0.472 e. The van der Waals surface area contributed by atoms with Crippen molar-refractivity contribution in [3.8, 4) is 0 Å². The van der Waals surface area contributed by atoms with Crippen LogP contribution in [0.5, 0.6) is 0 Å². The van der Waals surface area contributed by atoms with E-state index in [9.17, 15) is 0 Å². The van der Waals surface area contributed by atoms with Gasteiger partial charge in [0.25, 0.3) is 6.71 Å². The van der Waals surface area contributed by atoms with Crippen molar-refractivity contribution >= 4 is 57.4 Å². The quantitative estimate of drug-likeness (QED) is 0.161. The molecule has 0 spiro atoms. The third-order valence-corrected chi connectivity index (χ3v) is 17.8. The smallest absolute Gasteiger partial charge is 0.297 e. The lowest BCUT2D eigenvalue weighted by Gasteiger charge is -2.48. The zero-order chi connectivity index (χ0) is 47.1. The van der Waals surface area contributed by atoms with Crippen molar-refractivity contribution < 1.29 is 4.42 Å². The summed E-state index contributed by atoms with van der Waals surface area (Å²) < 4.78 is 7.78. The molecule has 0 amide bonds. The fourth-order valence-corrected chi connectivity index (χ4v) is 12.9. The highest BCUT2D eigenvalue weighted by Crippen LogP contribution is 2.57. The van der Waals surface area contributed by atoms with Gasteiger partial charge in [-0.25, -0.2) is 0 Å². The second-order valence-corrected chi connectivity index (χ2v) is 27.5. The van der Waals surface area contributed by atoms with E-state index in [0.29, 0.717) is 0 Å². The first-order valence-corrected chi connectivity index (χ1v) is 25.3. The lowest BCUT2D eigenvalue weighted by Crippen LogP contribution is -2.61. The van der Waals surface area contributed by atoms with E-state index in [0.717, 1.165) is 18.5 Å². The second kappa shape index (κ2) is 13.5. The first-order chi connectivity index (χ1) is 29.9. The standard InChI is InChI=1S/C61H79BN2O/c1-36-30-40-42(58(12,13)26-24-56(40,8)9)34-45(36)64-46-35-43-41(57(10,11)25-27-59(43,14)15)33-44(46)62-50-47(31-38(32-48(50)64)55(5,6)7)63(39-22-20-37(21-23-39)54(2,3)4)51-49-52(65-53(51)62)61(18,19)29-28-60(49,16)17/h20-23,30-35H,24-29H2,1-19H3. The molecule has 0 bridgehead atoms. The van der Waals surface area contributed by atoms with Gasteiger partial charge in [-0.1, -0.05) is 149 Å². The molecule has 0 saturated carbocycles. The Hall–Kier alpha value is -4.18. The molecule has 3 heterocycles. The van der Waals surface area contributed by atoms with Crippen LogP contribution < -0.4 is 26.4 Å². The van der Waals surface area contributed by atoms with Gasteiger partial charge in [-0.2, -0.15) is 0 Å². The molecule has 342 valence electrons. The molecule has 0 atom stereocenters. The summed E-state index contributed by atoms with van der Waals surface area (Å²) in [5.41, 5.74) is 23.1. The van der Waals surface area contributed by atoms with Gasteiger partial charge in [0.15, 0.2) is 0 Å². The molecule has 10 rings (SSSR count). The van der Waals surface area contributed by atoms with Crippen LogP contribution in [0, 0.1) is 6.92 Å². The molecule has 1 aromatic heterocycles. The van der Waals surface area contributed by atoms with Gasteiger partial charge in [0.05, 0.1) is 11.3 Å². The molecule has 3 aliphatic carbocycles. The van der Waals surface area contributed by atoms with Crippen molar-refractivity contribution in [3.05, 3.63) is 111 Å². The van der Waals surface area contributed by atoms with Crippen LogP contribution in [0.25, 0.3) is 0 Å². The van der Waals surface area contributed by atoms with Crippen LogP contribution in [0.4, 0.5) is 34.1 Å². The van der Waals surface area contributed by atoms with Crippen molar-refractivity contribution in [1.82, 2.24) is 0 Å². The number of benzene rings is 4. The molecule has 4 aromatic carbocycles. The highest BCUT2D eigenvalue weighted by atomic mass is 16.3. The summed E-state index contributed by atoms with van der Waals surface area (Å²) in [6.45, 7) is 46.1. The maximum absolute atomic E-state index is 7.78. The number of anilines is 6. The average Bonchev–Trinajstić information content (AvgIpc) is 3.62. The average molecular weight is 867 g/mol. The minimum absolute atomic E-state index is 0.0467. The van der Waals surface area contributed by atoms with E-state index >= 15 is 0 Å². The molecule has 0 saturated heterocycles. The molecule has 0 fully saturated rings. The Bertz CT molecular complexity index is 2810. The van der Waals surface area contributed by atoms with Gasteiger partial charge in [-0.15, -0.1) is 0 Å². The number of nitrogens with zero attached hydrogens (tertiary/aromatic N) is 2. The molecule has 0 N–H and O–H groups in total. The summed E-state index contributed by atoms with van der Waals surface area (Å²) in [5, 5.41) is 0. The first kappa shape index (κ1) is 44.7. The molecular formula is C61H79BN2O. The maximum Gasteiger partial charge on any atom is 0.297 e. The van der Waals surface area contributed by atoms with Gasteiger partial charge in [0.2, 0.25) is 0 Å². The third-order valence-electron chi connectivity index (χ3n) is 17.8. The Kier molecular flexibility index (Phi) is 9.27. The predicted octanol–water partition coefficient (Wildman–Crippen LogP) is 15.3. The van der Waals surface area contributed by atoms with E-state index in [1.54, 1.807) is 0 Å². The van der Waals surface area contributed by atoms with Crippen molar-refractivity contribution in [3.63, 3.8) is 0 Å². The summed E-state index contributed by atoms with van der Waals surface area (Å²) >= 11 is 0. The Morgan fingerprint density at radius 3 is 1.45 bits per heavy atom. The summed E-state index contributed by atoms with van der Waals surface area (Å²) in [5.74, 6) is 1.18. The normalized spacial score (nSPS) is 21.4. The van der Waals surface area contributed by atoms with Gasteiger partial charge >= 0.3 is 0 Å². The minimum atomic E-state index is -0.106. The molecule has 3 nitrogen and oxygen atoms in total. The number of hydrogen-bond donors (Lipinski definition) is 0. The zero-order valence-electron chi connectivity index (χ0n) is 43.9. The maximum atomic E-state index is 7.78. The van der Waals surface area contributed by atoms with E-state index in [1.807, 2.05) is 0 Å². The first-order valence-electron chi connectivity index (χ1n) is 25.3. The van der Waals surface area contributed by atoms with Crippen LogP contribution in [0.15, 0.2) is 65.1 Å². The van der Waals surface area contributed by atoms with Gasteiger partial charge in [0, 0.05) is 39.4 Å². The number of furan rings is 1. The molecule has 65 heavy (non-hydrogen) atoms. The molecule has 5 aromatic rings. The lowest BCUT2D eigenvalue weighted by atomic mass is 9.34. The van der Waals surface area contributed by atoms with Crippen LogP contribution >= 0.6 is 0 Å². The van der Waals surface area contributed by atoms with Crippen molar-refractivity contribution in [2.75, 3.05) is 9.80 Å². The molecule has 0 radical (unpaired) electrons. The Balaban J connectivity index is 1.39. The van der Waals surface area contributed by atoms with E-state index in [2.05, 4.69) is 202 Å². The number of hydrogen-bond acceptors (Lipinski definition) is 3. The predicted molar refractivity (Wildman–Crippen MR) is 281 cm³/mol. The fourth-order valence-electron chi connectivity index (χ4n) is 12.9. The van der Waals surface area contributed by atoms with Crippen molar-refractivity contribution in [2.45, 2.75) is 213 Å². The lowest BCUT2D eigenvalue weighted by molar-refractivity contribution is 0.282. The van der Waals surface area contributed by atoms with E-state index in [1.165, 1.54) is 121 Å². The fraction of sp³-hybridized carbons (Fsp3) is 0.541. The van der Waals surface area contributed by atoms with Crippen LogP contribution in [-0.4, -0.2) is 6.71 Å². The molecule has 0 unspecified atom stereocenters. The van der Waals surface area contributed by atoms with Gasteiger partial charge in [-0.05, 0) is 170 Å². The van der Waals surface area contributed by atoms with Crippen LogP contribution in [0.2, 0.25) is 0 Å². The topological polar surface area (TPSA) is 19.6 Å². The van der Waals surface area contributed by atoms with E-state index in [4.69, 9.17) is 4.42 Å². The van der Waals surface area contributed by atoms with E-state index < -0.39 is 0 Å². The molecule has 2 aliphatic heterocycles. The molecule has 4 heteroatoms. The molecule has 5 aliphatic rings. The second-order valence-electron chi connectivity index (χ2n) is 27.5. The van der Waals surface area contributed by atoms with Crippen molar-refractivity contribution in [1.29, 1.82) is 0 Å². The van der Waals surface area contributed by atoms with Crippen LogP contribution in [0.3, 0.4) is 0 Å². The third kappa shape index (κ3) is 6.54. The summed E-state index contributed by atoms with van der Waals surface area (Å²) in [6, 6.07) is 25.3. The van der Waals surface area contributed by atoms with Gasteiger partial charge in [0.1, 0.15) is 5.76 Å². The summed E-state index contributed by atoms with van der Waals surface area (Å²) in [6.07, 6.45) is 6.95. The Labute approximate surface area is 394 Å². The summed E-state index contributed by atoms with van der Waals surface area (Å²) in [4.78, 5) is 5.41. The Morgan fingerprint density at radius 1 is 0.477 bits per heavy atom. The SMILES string of the molecule is Cc1cc2c(cc1N1c3cc4c(cc3B3c5oc6c(c5N(c5ccc(C(C)(C)C)cc5)c5cc(C(C)(C)C)cc1c53)C(C)(C)CCC6(C)C)C(C)(C)CCC4(C)C)C(C)(C)CCC2(C)C. The monoisotopic (exact) mass is 867 g/mol. The Morgan fingerprint density at radius 2 is 0.923 bits per heavy atom. The largest absolute Gasteiger partial charge is 0.472 e. The number of aryl methyl sites for hydroxylation is 1. The number of fused-ring (bicyclic) bond motifs is 8. The van der Waals surface area contributed by atoms with Crippen molar-refractivity contribution in [2.24, 2.45) is 0 Å². The highest BCUT2D eigenvalue weighted by Gasteiger charge is 2.54. The number of rotatable bonds is 2. The molecular weight excluding hydrogens is 787 g/mol. The summed E-state index contributed by atoms with van der Waals surface area (Å²) in [7, 11) is 0. The zero-order valence-corrected chi connectivity index (χ0v) is 43.9. The van der Waals surface area contributed by atoms with Crippen LogP contribution in [0.1, 0.15) is 213 Å². The highest BCUT2D eigenvalue weighted by molar-refractivity contribution is 6.99. The van der Waals surface area contributed by atoms with E-state index in [-0.39, 0.29) is 50.0 Å². The van der Waals surface area contributed by atoms with Crippen LogP contribution in [-0.2, 0) is 43.3 Å². The van der Waals surface area contributed by atoms with Gasteiger partial charge < -0.3 is 14.2 Å².